The van der Waals surface area contributed by atoms with Crippen LogP contribution in [0.3, 0.4) is 0 Å². The Kier molecular flexibility index (Phi) is 7.08. The minimum absolute atomic E-state index is 0.119. The van der Waals surface area contributed by atoms with E-state index in [1.165, 1.54) is 30.3 Å². The third kappa shape index (κ3) is 5.35. The average molecular weight is 459 g/mol. The fourth-order valence-corrected chi connectivity index (χ4v) is 3.66. The molecule has 0 spiro atoms. The van der Waals surface area contributed by atoms with Crippen molar-refractivity contribution in [3.8, 4) is 11.8 Å². The van der Waals surface area contributed by atoms with Crippen molar-refractivity contribution in [2.45, 2.75) is 25.7 Å². The van der Waals surface area contributed by atoms with Crippen molar-refractivity contribution in [1.29, 1.82) is 0 Å². The van der Waals surface area contributed by atoms with Gasteiger partial charge in [-0.15, -0.1) is 6.58 Å². The topological polar surface area (TPSA) is 12.9 Å². The molecule has 0 aliphatic heterocycles. The number of aryl methyl sites for hydroxylation is 3. The molecule has 34 heavy (non-hydrogen) atoms. The van der Waals surface area contributed by atoms with Gasteiger partial charge in [0.1, 0.15) is 11.6 Å². The van der Waals surface area contributed by atoms with Crippen LogP contribution in [0.1, 0.15) is 34.4 Å². The minimum Gasteiger partial charge on any atom is -0.261 e. The molecule has 5 heteroatoms. The van der Waals surface area contributed by atoms with Crippen molar-refractivity contribution in [2.24, 2.45) is 0 Å². The van der Waals surface area contributed by atoms with Crippen molar-refractivity contribution >= 4 is 10.8 Å². The SMILES string of the molecule is C=CCCc1ccc(CCc2cc(F)c(C#Cc3ccc4c(F)c(F)ccc4c3)c(F)c2)nc1. The summed E-state index contributed by atoms with van der Waals surface area (Å²) in [4.78, 5) is 4.42. The van der Waals surface area contributed by atoms with Gasteiger partial charge >= 0.3 is 0 Å². The number of hydrogen-bond donors (Lipinski definition) is 0. The van der Waals surface area contributed by atoms with Gasteiger partial charge in [-0.1, -0.05) is 36.1 Å². The summed E-state index contributed by atoms with van der Waals surface area (Å²) in [5, 5.41) is 0.567. The number of rotatable bonds is 6. The highest BCUT2D eigenvalue weighted by Gasteiger charge is 2.11. The maximum atomic E-state index is 14.6. The molecular formula is C29H21F4N. The number of aromatic nitrogens is 1. The maximum Gasteiger partial charge on any atom is 0.166 e. The smallest absolute Gasteiger partial charge is 0.166 e. The number of halogens is 4. The Morgan fingerprint density at radius 1 is 0.765 bits per heavy atom. The lowest BCUT2D eigenvalue weighted by Crippen LogP contribution is -1.99. The van der Waals surface area contributed by atoms with E-state index >= 15 is 0 Å². The lowest BCUT2D eigenvalue weighted by molar-refractivity contribution is 0.517. The van der Waals surface area contributed by atoms with Gasteiger partial charge in [0, 0.05) is 22.8 Å². The van der Waals surface area contributed by atoms with E-state index in [0.717, 1.165) is 30.2 Å². The van der Waals surface area contributed by atoms with Gasteiger partial charge < -0.3 is 0 Å². The summed E-state index contributed by atoms with van der Waals surface area (Å²) in [6.45, 7) is 3.71. The van der Waals surface area contributed by atoms with Crippen LogP contribution in [0, 0.1) is 35.1 Å². The Bertz CT molecular complexity index is 1390. The molecule has 0 fully saturated rings. The molecule has 0 bridgehead atoms. The van der Waals surface area contributed by atoms with Crippen LogP contribution in [0.2, 0.25) is 0 Å². The maximum absolute atomic E-state index is 14.6. The van der Waals surface area contributed by atoms with Crippen LogP contribution in [-0.2, 0) is 19.3 Å². The molecule has 4 rings (SSSR count). The van der Waals surface area contributed by atoms with Crippen molar-refractivity contribution in [1.82, 2.24) is 4.98 Å². The van der Waals surface area contributed by atoms with Crippen molar-refractivity contribution in [3.63, 3.8) is 0 Å². The van der Waals surface area contributed by atoms with Gasteiger partial charge in [0.05, 0.1) is 5.56 Å². The Morgan fingerprint density at radius 3 is 2.26 bits per heavy atom. The van der Waals surface area contributed by atoms with Gasteiger partial charge in [0.15, 0.2) is 11.6 Å². The summed E-state index contributed by atoms with van der Waals surface area (Å²) in [6, 6.07) is 13.4. The van der Waals surface area contributed by atoms with E-state index in [4.69, 9.17) is 0 Å². The first-order chi connectivity index (χ1) is 16.4. The first-order valence-electron chi connectivity index (χ1n) is 10.9. The Morgan fingerprint density at radius 2 is 1.56 bits per heavy atom. The standard InChI is InChI=1S/C29H21F4N/c1-2-3-4-20-5-10-23(34-18-20)11-6-21-16-27(31)25(28(32)17-21)13-8-19-7-12-24-22(15-19)9-14-26(30)29(24)33/h2,5,7,9-10,12,14-18H,1,3-4,6,11H2. The normalized spacial score (nSPS) is 10.7. The van der Waals surface area contributed by atoms with Crippen LogP contribution >= 0.6 is 0 Å². The molecule has 3 aromatic carbocycles. The predicted molar refractivity (Wildman–Crippen MR) is 126 cm³/mol. The monoisotopic (exact) mass is 459 g/mol. The summed E-state index contributed by atoms with van der Waals surface area (Å²) in [7, 11) is 0. The van der Waals surface area contributed by atoms with Crippen LogP contribution < -0.4 is 0 Å². The average Bonchev–Trinajstić information content (AvgIpc) is 2.84. The number of nitrogens with zero attached hydrogens (tertiary/aromatic N) is 1. The van der Waals surface area contributed by atoms with Crippen molar-refractivity contribution < 1.29 is 17.6 Å². The van der Waals surface area contributed by atoms with Crippen LogP contribution in [0.15, 0.2) is 73.4 Å². The van der Waals surface area contributed by atoms with E-state index in [2.05, 4.69) is 23.4 Å². The lowest BCUT2D eigenvalue weighted by atomic mass is 10.0. The molecule has 0 N–H and O–H groups in total. The third-order valence-corrected chi connectivity index (χ3v) is 5.53. The quantitative estimate of drug-likeness (QED) is 0.170. The summed E-state index contributed by atoms with van der Waals surface area (Å²) in [5.41, 5.74) is 2.58. The van der Waals surface area contributed by atoms with Crippen LogP contribution in [-0.4, -0.2) is 4.98 Å². The summed E-state index contributed by atoms with van der Waals surface area (Å²) >= 11 is 0. The van der Waals surface area contributed by atoms with E-state index in [1.807, 2.05) is 24.4 Å². The van der Waals surface area contributed by atoms with Crippen molar-refractivity contribution in [3.05, 3.63) is 125 Å². The number of fused-ring (bicyclic) bond motifs is 1. The second-order valence-electron chi connectivity index (χ2n) is 7.97. The van der Waals surface area contributed by atoms with E-state index < -0.39 is 23.3 Å². The van der Waals surface area contributed by atoms with Crippen LogP contribution in [0.25, 0.3) is 10.8 Å². The number of benzene rings is 3. The molecule has 170 valence electrons. The molecule has 0 saturated carbocycles. The minimum atomic E-state index is -0.941. The van der Waals surface area contributed by atoms with E-state index in [9.17, 15) is 17.6 Å². The third-order valence-electron chi connectivity index (χ3n) is 5.53. The highest BCUT2D eigenvalue weighted by molar-refractivity contribution is 5.84. The Balaban J connectivity index is 1.48. The molecule has 1 aromatic heterocycles. The van der Waals surface area contributed by atoms with Gasteiger partial charge in [0.2, 0.25) is 0 Å². The molecule has 0 saturated heterocycles. The second-order valence-corrected chi connectivity index (χ2v) is 7.97. The second kappa shape index (κ2) is 10.4. The van der Waals surface area contributed by atoms with Gasteiger partial charge in [-0.25, -0.2) is 17.6 Å². The molecule has 0 radical (unpaired) electrons. The number of allylic oxidation sites excluding steroid dienone is 1. The summed E-state index contributed by atoms with van der Waals surface area (Å²) in [5.74, 6) is 1.86. The molecule has 1 nitrogen and oxygen atoms in total. The molecule has 0 aliphatic carbocycles. The van der Waals surface area contributed by atoms with Gasteiger partial charge in [-0.3, -0.25) is 4.98 Å². The van der Waals surface area contributed by atoms with Gasteiger partial charge in [-0.05, 0) is 78.6 Å². The highest BCUT2D eigenvalue weighted by Crippen LogP contribution is 2.22. The number of pyridine rings is 1. The van der Waals surface area contributed by atoms with E-state index in [0.29, 0.717) is 29.4 Å². The zero-order valence-electron chi connectivity index (χ0n) is 18.3. The van der Waals surface area contributed by atoms with Crippen molar-refractivity contribution in [2.75, 3.05) is 0 Å². The summed E-state index contributed by atoms with van der Waals surface area (Å²) < 4.78 is 56.4. The largest absolute Gasteiger partial charge is 0.261 e. The van der Waals surface area contributed by atoms with E-state index in [-0.39, 0.29) is 10.9 Å². The first-order valence-corrected chi connectivity index (χ1v) is 10.9. The highest BCUT2D eigenvalue weighted by atomic mass is 19.2. The molecule has 0 atom stereocenters. The van der Waals surface area contributed by atoms with Gasteiger partial charge in [-0.2, -0.15) is 0 Å². The molecule has 1 heterocycles. The molecule has 0 unspecified atom stereocenters. The zero-order valence-corrected chi connectivity index (χ0v) is 18.3. The molecule has 4 aromatic rings. The fraction of sp³-hybridized carbons (Fsp3) is 0.138. The number of hydrogen-bond acceptors (Lipinski definition) is 1. The molecule has 0 aliphatic rings. The Hall–Kier alpha value is -3.91. The van der Waals surface area contributed by atoms with E-state index in [1.54, 1.807) is 6.07 Å². The van der Waals surface area contributed by atoms with Crippen LogP contribution in [0.5, 0.6) is 0 Å². The molecular weight excluding hydrogens is 438 g/mol. The van der Waals surface area contributed by atoms with Crippen LogP contribution in [0.4, 0.5) is 17.6 Å². The Labute approximate surface area is 195 Å². The first kappa shape index (κ1) is 23.3. The summed E-state index contributed by atoms with van der Waals surface area (Å²) in [6.07, 6.45) is 6.43. The van der Waals surface area contributed by atoms with Gasteiger partial charge in [0.25, 0.3) is 0 Å². The molecule has 0 amide bonds. The predicted octanol–water partition coefficient (Wildman–Crippen LogP) is 7.09. The fourth-order valence-electron chi connectivity index (χ4n) is 3.66. The lowest BCUT2D eigenvalue weighted by Gasteiger charge is -2.06. The zero-order chi connectivity index (χ0) is 24.1.